The summed E-state index contributed by atoms with van der Waals surface area (Å²) < 4.78 is 7.21. The fourth-order valence-electron chi connectivity index (χ4n) is 3.49. The van der Waals surface area contributed by atoms with Crippen molar-refractivity contribution in [3.05, 3.63) is 75.9 Å². The van der Waals surface area contributed by atoms with Crippen LogP contribution in [0.15, 0.2) is 53.3 Å². The number of imidazole rings is 1. The number of benzene rings is 2. The summed E-state index contributed by atoms with van der Waals surface area (Å²) in [7, 11) is 0. The Kier molecular flexibility index (Phi) is 3.99. The normalized spacial score (nSPS) is 12.4. The maximum Gasteiger partial charge on any atom is 0.297 e. The lowest BCUT2D eigenvalue weighted by Crippen LogP contribution is -2.05. The van der Waals surface area contributed by atoms with Crippen molar-refractivity contribution in [2.45, 2.75) is 26.8 Å². The molecule has 7 heteroatoms. The molecule has 7 nitrogen and oxygen atoms in total. The average molecular weight is 362 g/mol. The largest absolute Gasteiger partial charge is 0.361 e. The van der Waals surface area contributed by atoms with Crippen molar-refractivity contribution in [1.82, 2.24) is 14.7 Å². The zero-order chi connectivity index (χ0) is 19.1. The van der Waals surface area contributed by atoms with E-state index in [-0.39, 0.29) is 11.7 Å². The van der Waals surface area contributed by atoms with Crippen molar-refractivity contribution in [2.24, 2.45) is 0 Å². The van der Waals surface area contributed by atoms with Gasteiger partial charge in [-0.25, -0.2) is 4.98 Å². The molecule has 136 valence electrons. The molecular formula is C20H18N4O3. The van der Waals surface area contributed by atoms with Crippen LogP contribution in [0.1, 0.15) is 30.0 Å². The predicted molar refractivity (Wildman–Crippen MR) is 102 cm³/mol. The van der Waals surface area contributed by atoms with Gasteiger partial charge in [0.1, 0.15) is 5.76 Å². The van der Waals surface area contributed by atoms with Crippen LogP contribution in [0.5, 0.6) is 0 Å². The summed E-state index contributed by atoms with van der Waals surface area (Å²) in [5, 5.41) is 15.6. The van der Waals surface area contributed by atoms with Crippen LogP contribution in [0.4, 0.5) is 5.69 Å². The Balaban J connectivity index is 1.97. The third-order valence-corrected chi connectivity index (χ3v) is 4.88. The van der Waals surface area contributed by atoms with E-state index in [2.05, 4.69) is 10.1 Å². The first-order valence-corrected chi connectivity index (χ1v) is 8.60. The average Bonchev–Trinajstić information content (AvgIpc) is 3.24. The van der Waals surface area contributed by atoms with Crippen molar-refractivity contribution in [3.63, 3.8) is 0 Å². The smallest absolute Gasteiger partial charge is 0.297 e. The van der Waals surface area contributed by atoms with E-state index in [0.29, 0.717) is 28.1 Å². The Morgan fingerprint density at radius 3 is 2.56 bits per heavy atom. The van der Waals surface area contributed by atoms with Crippen molar-refractivity contribution in [2.75, 3.05) is 0 Å². The van der Waals surface area contributed by atoms with Crippen molar-refractivity contribution in [3.8, 4) is 11.1 Å². The van der Waals surface area contributed by atoms with E-state index in [1.54, 1.807) is 19.3 Å². The molecule has 4 aromatic rings. The molecular weight excluding hydrogens is 344 g/mol. The zero-order valence-corrected chi connectivity index (χ0v) is 15.2. The molecule has 2 aromatic carbocycles. The number of nitro benzene ring substituents is 1. The molecule has 1 atom stereocenters. The lowest BCUT2D eigenvalue weighted by molar-refractivity contribution is -0.383. The van der Waals surface area contributed by atoms with Crippen molar-refractivity contribution >= 4 is 16.7 Å². The second-order valence-corrected chi connectivity index (χ2v) is 6.56. The maximum absolute atomic E-state index is 11.7. The maximum atomic E-state index is 11.7. The minimum atomic E-state index is -0.394. The standard InChI is InChI=1S/C20H18N4O3/c1-12-19(14(3)27-22-12)16-9-17-20(18(10-16)24(25)26)21-11-23(17)13(2)15-7-5-4-6-8-15/h4-11,13H,1-3H3/t13-/m0/s1. The van der Waals surface area contributed by atoms with Gasteiger partial charge < -0.3 is 9.09 Å². The summed E-state index contributed by atoms with van der Waals surface area (Å²) in [5.74, 6) is 0.628. The number of hydrogen-bond acceptors (Lipinski definition) is 5. The summed E-state index contributed by atoms with van der Waals surface area (Å²) in [4.78, 5) is 15.6. The molecule has 0 saturated carbocycles. The van der Waals surface area contributed by atoms with Gasteiger partial charge in [0.25, 0.3) is 5.69 Å². The minimum Gasteiger partial charge on any atom is -0.361 e. The monoisotopic (exact) mass is 362 g/mol. The van der Waals surface area contributed by atoms with Crippen LogP contribution >= 0.6 is 0 Å². The van der Waals surface area contributed by atoms with Crippen molar-refractivity contribution < 1.29 is 9.45 Å². The Hall–Kier alpha value is -3.48. The second-order valence-electron chi connectivity index (χ2n) is 6.56. The van der Waals surface area contributed by atoms with Gasteiger partial charge in [-0.2, -0.15) is 0 Å². The van der Waals surface area contributed by atoms with Gasteiger partial charge >= 0.3 is 0 Å². The molecule has 0 spiro atoms. The van der Waals surface area contributed by atoms with E-state index in [0.717, 1.165) is 11.1 Å². The Morgan fingerprint density at radius 2 is 1.93 bits per heavy atom. The highest BCUT2D eigenvalue weighted by atomic mass is 16.6. The number of nitrogens with zero attached hydrogens (tertiary/aromatic N) is 4. The molecule has 0 aliphatic heterocycles. The number of rotatable bonds is 4. The third-order valence-electron chi connectivity index (χ3n) is 4.88. The van der Waals surface area contributed by atoms with E-state index in [1.807, 2.05) is 54.8 Å². The molecule has 4 rings (SSSR count). The number of non-ortho nitro benzene ring substituents is 1. The summed E-state index contributed by atoms with van der Waals surface area (Å²) >= 11 is 0. The molecule has 0 bridgehead atoms. The van der Waals surface area contributed by atoms with Crippen LogP contribution in [0.25, 0.3) is 22.2 Å². The van der Waals surface area contributed by atoms with Crippen LogP contribution in [-0.4, -0.2) is 19.6 Å². The molecule has 0 unspecified atom stereocenters. The first-order valence-electron chi connectivity index (χ1n) is 8.60. The van der Waals surface area contributed by atoms with Crippen LogP contribution in [0.3, 0.4) is 0 Å². The Bertz CT molecular complexity index is 1130. The van der Waals surface area contributed by atoms with Crippen molar-refractivity contribution in [1.29, 1.82) is 0 Å². The van der Waals surface area contributed by atoms with E-state index in [9.17, 15) is 10.1 Å². The first-order chi connectivity index (χ1) is 13.0. The van der Waals surface area contributed by atoms with Crippen LogP contribution in [0.2, 0.25) is 0 Å². The summed E-state index contributed by atoms with van der Waals surface area (Å²) in [5.41, 5.74) is 4.33. The van der Waals surface area contributed by atoms with Gasteiger partial charge in [0, 0.05) is 11.6 Å². The molecule has 0 aliphatic rings. The van der Waals surface area contributed by atoms with Crippen LogP contribution < -0.4 is 0 Å². The number of hydrogen-bond donors (Lipinski definition) is 0. The SMILES string of the molecule is Cc1noc(C)c1-c1cc([N+](=O)[O-])c2ncn([C@@H](C)c3ccccc3)c2c1. The molecule has 0 saturated heterocycles. The highest BCUT2D eigenvalue weighted by Gasteiger charge is 2.23. The predicted octanol–water partition coefficient (Wildman–Crippen LogP) is 4.83. The number of aromatic nitrogens is 3. The van der Waals surface area contributed by atoms with Gasteiger partial charge in [-0.05, 0) is 38.0 Å². The summed E-state index contributed by atoms with van der Waals surface area (Å²) in [6.45, 7) is 5.67. The highest BCUT2D eigenvalue weighted by molar-refractivity contribution is 5.91. The Labute approximate surface area is 155 Å². The minimum absolute atomic E-state index is 0.0178. The third kappa shape index (κ3) is 2.77. The van der Waals surface area contributed by atoms with Gasteiger partial charge in [-0.3, -0.25) is 10.1 Å². The molecule has 0 amide bonds. The van der Waals surface area contributed by atoms with E-state index < -0.39 is 4.92 Å². The van der Waals surface area contributed by atoms with Crippen LogP contribution in [-0.2, 0) is 0 Å². The summed E-state index contributed by atoms with van der Waals surface area (Å²) in [6, 6.07) is 13.4. The Morgan fingerprint density at radius 1 is 1.19 bits per heavy atom. The van der Waals surface area contributed by atoms with Gasteiger partial charge in [-0.15, -0.1) is 0 Å². The molecule has 2 heterocycles. The summed E-state index contributed by atoms with van der Waals surface area (Å²) in [6.07, 6.45) is 1.66. The van der Waals surface area contributed by atoms with E-state index in [1.165, 1.54) is 0 Å². The number of fused-ring (bicyclic) bond motifs is 1. The van der Waals surface area contributed by atoms with Gasteiger partial charge in [0.05, 0.1) is 28.5 Å². The second kappa shape index (κ2) is 6.35. The molecule has 0 aliphatic carbocycles. The number of nitro groups is 1. The van der Waals surface area contributed by atoms with Gasteiger partial charge in [0.2, 0.25) is 0 Å². The lowest BCUT2D eigenvalue weighted by Gasteiger charge is -2.15. The number of aryl methyl sites for hydroxylation is 2. The van der Waals surface area contributed by atoms with Gasteiger partial charge in [-0.1, -0.05) is 35.5 Å². The molecule has 0 N–H and O–H groups in total. The fraction of sp³-hybridized carbons (Fsp3) is 0.200. The topological polar surface area (TPSA) is 87.0 Å². The molecule has 0 fully saturated rings. The van der Waals surface area contributed by atoms with E-state index >= 15 is 0 Å². The molecule has 0 radical (unpaired) electrons. The molecule has 27 heavy (non-hydrogen) atoms. The highest BCUT2D eigenvalue weighted by Crippen LogP contribution is 2.36. The quantitative estimate of drug-likeness (QED) is 0.383. The fourth-order valence-corrected chi connectivity index (χ4v) is 3.49. The van der Waals surface area contributed by atoms with Crippen LogP contribution in [0, 0.1) is 24.0 Å². The lowest BCUT2D eigenvalue weighted by atomic mass is 10.0. The van der Waals surface area contributed by atoms with Gasteiger partial charge in [0.15, 0.2) is 5.52 Å². The first kappa shape index (κ1) is 17.0. The molecule has 2 aromatic heterocycles. The zero-order valence-electron chi connectivity index (χ0n) is 15.2. The van der Waals surface area contributed by atoms with E-state index in [4.69, 9.17) is 4.52 Å².